The molecule has 0 aliphatic rings. The van der Waals surface area contributed by atoms with Crippen LogP contribution in [0.15, 0.2) is 59.6 Å². The first-order chi connectivity index (χ1) is 13.1. The molecule has 4 N–H and O–H groups in total. The molecule has 142 valence electrons. The maximum atomic E-state index is 10.7. The van der Waals surface area contributed by atoms with Crippen LogP contribution in [-0.2, 0) is 12.0 Å². The fourth-order valence-corrected chi connectivity index (χ4v) is 2.89. The quantitative estimate of drug-likeness (QED) is 0.383. The van der Waals surface area contributed by atoms with Crippen LogP contribution in [0.5, 0.6) is 0 Å². The number of fused-ring (bicyclic) bond motifs is 1. The molecule has 1 atom stereocenters. The maximum Gasteiger partial charge on any atom is 0.191 e. The van der Waals surface area contributed by atoms with Gasteiger partial charge in [-0.15, -0.1) is 0 Å². The summed E-state index contributed by atoms with van der Waals surface area (Å²) in [6.45, 7) is 5.52. The molecular formula is C21H27N5O. The number of para-hydroxylation sites is 2. The van der Waals surface area contributed by atoms with Crippen LogP contribution >= 0.6 is 0 Å². The lowest BCUT2D eigenvalue weighted by Gasteiger charge is -2.22. The Morgan fingerprint density at radius 1 is 1.11 bits per heavy atom. The molecule has 3 aromatic rings. The lowest BCUT2D eigenvalue weighted by atomic mass is 9.96. The summed E-state index contributed by atoms with van der Waals surface area (Å²) in [6.07, 6.45) is 0.758. The molecule has 6 nitrogen and oxygen atoms in total. The van der Waals surface area contributed by atoms with Gasteiger partial charge in [-0.2, -0.15) is 0 Å². The fourth-order valence-electron chi connectivity index (χ4n) is 2.89. The van der Waals surface area contributed by atoms with Gasteiger partial charge in [0, 0.05) is 19.5 Å². The Morgan fingerprint density at radius 2 is 1.85 bits per heavy atom. The third-order valence-corrected chi connectivity index (χ3v) is 4.38. The minimum atomic E-state index is -1.01. The van der Waals surface area contributed by atoms with E-state index >= 15 is 0 Å². The number of aliphatic hydroxyl groups is 1. The normalized spacial score (nSPS) is 14.1. The largest absolute Gasteiger partial charge is 0.384 e. The van der Waals surface area contributed by atoms with Gasteiger partial charge in [0.2, 0.25) is 0 Å². The molecule has 0 aliphatic carbocycles. The lowest BCUT2D eigenvalue weighted by Crippen LogP contribution is -2.39. The summed E-state index contributed by atoms with van der Waals surface area (Å²) in [5.41, 5.74) is 1.87. The molecule has 0 spiro atoms. The number of nitrogens with one attached hydrogen (secondary N) is 3. The highest BCUT2D eigenvalue weighted by Gasteiger charge is 2.22. The Kier molecular flexibility index (Phi) is 6.08. The average Bonchev–Trinajstić information content (AvgIpc) is 3.09. The number of hydrogen-bond acceptors (Lipinski definition) is 3. The number of aromatic amines is 1. The van der Waals surface area contributed by atoms with E-state index in [4.69, 9.17) is 0 Å². The minimum absolute atomic E-state index is 0.275. The lowest BCUT2D eigenvalue weighted by molar-refractivity contribution is 0.0672. The monoisotopic (exact) mass is 365 g/mol. The van der Waals surface area contributed by atoms with Crippen LogP contribution < -0.4 is 10.6 Å². The van der Waals surface area contributed by atoms with Crippen LogP contribution in [0, 0.1) is 0 Å². The summed E-state index contributed by atoms with van der Waals surface area (Å²) in [5, 5.41) is 17.2. The Bertz CT molecular complexity index is 853. The van der Waals surface area contributed by atoms with Crippen molar-refractivity contribution in [2.75, 3.05) is 19.6 Å². The number of benzene rings is 2. The Balaban J connectivity index is 1.58. The van der Waals surface area contributed by atoms with Crippen LogP contribution in [-0.4, -0.2) is 40.7 Å². The first-order valence-electron chi connectivity index (χ1n) is 9.32. The molecule has 0 bridgehead atoms. The SMILES string of the molecule is CCNC(=NCC(C)(O)c1ccccc1)NCCc1nc2ccccc2[nH]1. The third-order valence-electron chi connectivity index (χ3n) is 4.38. The zero-order valence-electron chi connectivity index (χ0n) is 15.9. The average molecular weight is 365 g/mol. The second-order valence-corrected chi connectivity index (χ2v) is 6.71. The van der Waals surface area contributed by atoms with Crippen molar-refractivity contribution in [2.24, 2.45) is 4.99 Å². The minimum Gasteiger partial charge on any atom is -0.384 e. The van der Waals surface area contributed by atoms with Crippen LogP contribution in [0.2, 0.25) is 0 Å². The van der Waals surface area contributed by atoms with E-state index in [0.717, 1.165) is 35.4 Å². The molecule has 2 aromatic carbocycles. The molecule has 1 heterocycles. The summed E-state index contributed by atoms with van der Waals surface area (Å²) < 4.78 is 0. The first kappa shape index (κ1) is 18.9. The molecule has 3 rings (SSSR count). The first-order valence-corrected chi connectivity index (χ1v) is 9.32. The number of hydrogen-bond donors (Lipinski definition) is 4. The number of imidazole rings is 1. The van der Waals surface area contributed by atoms with Gasteiger partial charge in [0.25, 0.3) is 0 Å². The van der Waals surface area contributed by atoms with E-state index in [1.165, 1.54) is 0 Å². The number of aliphatic imine (C=N–C) groups is 1. The standard InChI is InChI=1S/C21H27N5O/c1-3-22-20(24-15-21(2,27)16-9-5-4-6-10-16)23-14-13-19-25-17-11-7-8-12-18(17)26-19/h4-12,27H,3,13-15H2,1-2H3,(H,25,26)(H2,22,23,24). The van der Waals surface area contributed by atoms with Crippen molar-refractivity contribution in [1.82, 2.24) is 20.6 Å². The number of H-pyrrole nitrogens is 1. The van der Waals surface area contributed by atoms with Gasteiger partial charge in [0.15, 0.2) is 5.96 Å². The maximum absolute atomic E-state index is 10.7. The van der Waals surface area contributed by atoms with Crippen molar-refractivity contribution < 1.29 is 5.11 Å². The van der Waals surface area contributed by atoms with Crippen LogP contribution in [0.25, 0.3) is 11.0 Å². The van der Waals surface area contributed by atoms with Gasteiger partial charge < -0.3 is 20.7 Å². The van der Waals surface area contributed by atoms with E-state index in [-0.39, 0.29) is 6.54 Å². The van der Waals surface area contributed by atoms with E-state index in [1.807, 2.05) is 61.5 Å². The van der Waals surface area contributed by atoms with E-state index in [9.17, 15) is 5.11 Å². The Morgan fingerprint density at radius 3 is 2.59 bits per heavy atom. The zero-order chi connectivity index (χ0) is 19.1. The molecule has 0 radical (unpaired) electrons. The van der Waals surface area contributed by atoms with E-state index in [2.05, 4.69) is 25.6 Å². The number of aromatic nitrogens is 2. The number of nitrogens with zero attached hydrogens (tertiary/aromatic N) is 2. The third kappa shape index (κ3) is 5.08. The van der Waals surface area contributed by atoms with E-state index in [0.29, 0.717) is 12.5 Å². The molecular weight excluding hydrogens is 338 g/mol. The van der Waals surface area contributed by atoms with Gasteiger partial charge in [-0.25, -0.2) is 9.98 Å². The molecule has 1 aromatic heterocycles. The predicted molar refractivity (Wildman–Crippen MR) is 110 cm³/mol. The van der Waals surface area contributed by atoms with Crippen molar-refractivity contribution >= 4 is 17.0 Å². The van der Waals surface area contributed by atoms with E-state index < -0.39 is 5.60 Å². The van der Waals surface area contributed by atoms with E-state index in [1.54, 1.807) is 6.92 Å². The van der Waals surface area contributed by atoms with Gasteiger partial charge in [-0.05, 0) is 31.5 Å². The smallest absolute Gasteiger partial charge is 0.191 e. The van der Waals surface area contributed by atoms with Crippen molar-refractivity contribution in [1.29, 1.82) is 0 Å². The summed E-state index contributed by atoms with van der Waals surface area (Å²) in [5.74, 6) is 1.63. The van der Waals surface area contributed by atoms with Gasteiger partial charge in [0.1, 0.15) is 11.4 Å². The van der Waals surface area contributed by atoms with Crippen LogP contribution in [0.1, 0.15) is 25.2 Å². The zero-order valence-corrected chi connectivity index (χ0v) is 15.9. The molecule has 0 aliphatic heterocycles. The Labute approximate surface area is 159 Å². The van der Waals surface area contributed by atoms with Crippen molar-refractivity contribution in [2.45, 2.75) is 25.9 Å². The van der Waals surface area contributed by atoms with Gasteiger partial charge in [-0.3, -0.25) is 0 Å². The number of rotatable bonds is 7. The van der Waals surface area contributed by atoms with Crippen LogP contribution in [0.4, 0.5) is 0 Å². The summed E-state index contributed by atoms with van der Waals surface area (Å²) in [4.78, 5) is 12.5. The molecule has 1 unspecified atom stereocenters. The van der Waals surface area contributed by atoms with Crippen molar-refractivity contribution in [3.05, 3.63) is 66.0 Å². The van der Waals surface area contributed by atoms with Crippen molar-refractivity contribution in [3.63, 3.8) is 0 Å². The highest BCUT2D eigenvalue weighted by molar-refractivity contribution is 5.79. The number of guanidine groups is 1. The second kappa shape index (κ2) is 8.68. The summed E-state index contributed by atoms with van der Waals surface area (Å²) >= 11 is 0. The summed E-state index contributed by atoms with van der Waals surface area (Å²) in [6, 6.07) is 17.6. The van der Waals surface area contributed by atoms with Crippen LogP contribution in [0.3, 0.4) is 0 Å². The van der Waals surface area contributed by atoms with Gasteiger partial charge in [0.05, 0.1) is 17.6 Å². The van der Waals surface area contributed by atoms with Crippen molar-refractivity contribution in [3.8, 4) is 0 Å². The fraction of sp³-hybridized carbons (Fsp3) is 0.333. The summed E-state index contributed by atoms with van der Waals surface area (Å²) in [7, 11) is 0. The molecule has 0 amide bonds. The molecule has 27 heavy (non-hydrogen) atoms. The molecule has 0 saturated heterocycles. The molecule has 0 saturated carbocycles. The molecule has 6 heteroatoms. The second-order valence-electron chi connectivity index (χ2n) is 6.71. The van der Waals surface area contributed by atoms with Gasteiger partial charge >= 0.3 is 0 Å². The topological polar surface area (TPSA) is 85.3 Å². The molecule has 0 fully saturated rings. The Hall–Kier alpha value is -2.86. The highest BCUT2D eigenvalue weighted by Crippen LogP contribution is 2.20. The van der Waals surface area contributed by atoms with Gasteiger partial charge in [-0.1, -0.05) is 42.5 Å². The highest BCUT2D eigenvalue weighted by atomic mass is 16.3. The predicted octanol–water partition coefficient (Wildman–Crippen LogP) is 2.57.